The van der Waals surface area contributed by atoms with Crippen molar-refractivity contribution in [2.45, 2.75) is 13.8 Å². The molecule has 0 atom stereocenters. The highest BCUT2D eigenvalue weighted by atomic mass is 16.5. The smallest absolute Gasteiger partial charge is 0.144 e. The first-order chi connectivity index (χ1) is 7.54. The number of benzene rings is 1. The standard InChI is InChI=1S/C13H17NO2/c1-9-7-12(11(3)14-4)5-6-13(9)16-8-10(2)15/h5-7,15H,2,8H2,1,3-4H3. The fourth-order valence-electron chi connectivity index (χ4n) is 1.33. The number of ether oxygens (including phenoxy) is 1. The van der Waals surface area contributed by atoms with Crippen molar-refractivity contribution in [1.29, 1.82) is 0 Å². The van der Waals surface area contributed by atoms with Crippen LogP contribution in [0.4, 0.5) is 0 Å². The number of nitrogens with zero attached hydrogens (tertiary/aromatic N) is 1. The minimum absolute atomic E-state index is 0.0229. The average Bonchev–Trinajstić information content (AvgIpc) is 2.26. The topological polar surface area (TPSA) is 41.8 Å². The molecule has 0 heterocycles. The lowest BCUT2D eigenvalue weighted by Crippen LogP contribution is -2.02. The van der Waals surface area contributed by atoms with Gasteiger partial charge in [0.2, 0.25) is 0 Å². The van der Waals surface area contributed by atoms with Gasteiger partial charge in [0, 0.05) is 12.8 Å². The van der Waals surface area contributed by atoms with Crippen molar-refractivity contribution < 1.29 is 9.84 Å². The molecular weight excluding hydrogens is 202 g/mol. The van der Waals surface area contributed by atoms with Crippen LogP contribution in [0.1, 0.15) is 18.1 Å². The van der Waals surface area contributed by atoms with E-state index >= 15 is 0 Å². The van der Waals surface area contributed by atoms with Gasteiger partial charge in [0.1, 0.15) is 18.1 Å². The van der Waals surface area contributed by atoms with Gasteiger partial charge < -0.3 is 9.84 Å². The number of rotatable bonds is 4. The first-order valence-corrected chi connectivity index (χ1v) is 5.08. The summed E-state index contributed by atoms with van der Waals surface area (Å²) in [4.78, 5) is 4.13. The maximum Gasteiger partial charge on any atom is 0.144 e. The number of aliphatic hydroxyl groups excluding tert-OH is 1. The van der Waals surface area contributed by atoms with E-state index in [1.54, 1.807) is 7.05 Å². The molecule has 0 aromatic heterocycles. The summed E-state index contributed by atoms with van der Waals surface area (Å²) in [6.07, 6.45) is 0. The summed E-state index contributed by atoms with van der Waals surface area (Å²) in [5.41, 5.74) is 3.08. The van der Waals surface area contributed by atoms with Gasteiger partial charge in [-0.25, -0.2) is 0 Å². The van der Waals surface area contributed by atoms with Crippen LogP contribution in [0, 0.1) is 6.92 Å². The molecule has 0 aliphatic rings. The van der Waals surface area contributed by atoms with Gasteiger partial charge in [0.25, 0.3) is 0 Å². The van der Waals surface area contributed by atoms with Crippen LogP contribution < -0.4 is 4.74 Å². The Morgan fingerprint density at radius 1 is 1.50 bits per heavy atom. The largest absolute Gasteiger partial charge is 0.509 e. The molecular formula is C13H17NO2. The normalized spacial score (nSPS) is 11.3. The fourth-order valence-corrected chi connectivity index (χ4v) is 1.33. The molecule has 0 aliphatic heterocycles. The average molecular weight is 219 g/mol. The Morgan fingerprint density at radius 2 is 2.19 bits per heavy atom. The monoisotopic (exact) mass is 219 g/mol. The Balaban J connectivity index is 2.87. The van der Waals surface area contributed by atoms with Crippen LogP contribution in [-0.4, -0.2) is 24.5 Å². The predicted octanol–water partition coefficient (Wildman–Crippen LogP) is 2.88. The van der Waals surface area contributed by atoms with E-state index in [1.807, 2.05) is 32.0 Å². The van der Waals surface area contributed by atoms with E-state index in [-0.39, 0.29) is 12.4 Å². The van der Waals surface area contributed by atoms with E-state index in [0.717, 1.165) is 22.6 Å². The minimum atomic E-state index is 0.0229. The highest BCUT2D eigenvalue weighted by molar-refractivity contribution is 5.98. The quantitative estimate of drug-likeness (QED) is 0.625. The predicted molar refractivity (Wildman–Crippen MR) is 66.6 cm³/mol. The maximum absolute atomic E-state index is 8.95. The number of aliphatic hydroxyl groups is 1. The summed E-state index contributed by atoms with van der Waals surface area (Å²) in [6.45, 7) is 7.42. The molecule has 3 heteroatoms. The minimum Gasteiger partial charge on any atom is -0.509 e. The molecule has 0 spiro atoms. The van der Waals surface area contributed by atoms with Gasteiger partial charge >= 0.3 is 0 Å². The van der Waals surface area contributed by atoms with Gasteiger partial charge in [-0.2, -0.15) is 0 Å². The molecule has 0 saturated carbocycles. The van der Waals surface area contributed by atoms with E-state index in [0.29, 0.717) is 0 Å². The number of aryl methyl sites for hydroxylation is 1. The Hall–Kier alpha value is -1.77. The summed E-state index contributed by atoms with van der Waals surface area (Å²) >= 11 is 0. The van der Waals surface area contributed by atoms with Crippen LogP contribution in [0.5, 0.6) is 5.75 Å². The fraction of sp³-hybridized carbons (Fsp3) is 0.308. The zero-order valence-corrected chi connectivity index (χ0v) is 9.95. The Kier molecular flexibility index (Phi) is 4.11. The molecule has 0 unspecified atom stereocenters. The first kappa shape index (κ1) is 12.3. The SMILES string of the molecule is C=C(O)COc1ccc(C(C)=NC)cc1C. The van der Waals surface area contributed by atoms with Crippen molar-refractivity contribution in [3.63, 3.8) is 0 Å². The lowest BCUT2D eigenvalue weighted by Gasteiger charge is -2.09. The molecule has 3 nitrogen and oxygen atoms in total. The molecule has 16 heavy (non-hydrogen) atoms. The van der Waals surface area contributed by atoms with Crippen molar-refractivity contribution >= 4 is 5.71 Å². The Labute approximate surface area is 96.1 Å². The second-order valence-electron chi connectivity index (χ2n) is 3.64. The van der Waals surface area contributed by atoms with E-state index in [9.17, 15) is 0 Å². The van der Waals surface area contributed by atoms with Crippen molar-refractivity contribution in [2.75, 3.05) is 13.7 Å². The third-order valence-electron chi connectivity index (χ3n) is 2.32. The molecule has 1 aromatic carbocycles. The van der Waals surface area contributed by atoms with Crippen LogP contribution in [0.15, 0.2) is 35.5 Å². The molecule has 0 fully saturated rings. The molecule has 1 aromatic rings. The first-order valence-electron chi connectivity index (χ1n) is 5.08. The van der Waals surface area contributed by atoms with Gasteiger partial charge in [-0.1, -0.05) is 6.58 Å². The number of aliphatic imine (C=N–C) groups is 1. The van der Waals surface area contributed by atoms with E-state index < -0.39 is 0 Å². The third-order valence-corrected chi connectivity index (χ3v) is 2.32. The van der Waals surface area contributed by atoms with Crippen molar-refractivity contribution in [3.8, 4) is 5.75 Å². The van der Waals surface area contributed by atoms with Crippen molar-refractivity contribution in [1.82, 2.24) is 0 Å². The summed E-state index contributed by atoms with van der Waals surface area (Å²) in [6, 6.07) is 5.84. The van der Waals surface area contributed by atoms with Crippen molar-refractivity contribution in [3.05, 3.63) is 41.7 Å². The van der Waals surface area contributed by atoms with Crippen LogP contribution in [-0.2, 0) is 0 Å². The highest BCUT2D eigenvalue weighted by Crippen LogP contribution is 2.19. The highest BCUT2D eigenvalue weighted by Gasteiger charge is 2.03. The maximum atomic E-state index is 8.95. The molecule has 1 N–H and O–H groups in total. The van der Waals surface area contributed by atoms with E-state index in [4.69, 9.17) is 9.84 Å². The zero-order valence-electron chi connectivity index (χ0n) is 9.95. The van der Waals surface area contributed by atoms with E-state index in [1.165, 1.54) is 0 Å². The van der Waals surface area contributed by atoms with Gasteiger partial charge in [-0.15, -0.1) is 0 Å². The molecule has 0 amide bonds. The Bertz CT molecular complexity index is 422. The lowest BCUT2D eigenvalue weighted by atomic mass is 10.1. The zero-order chi connectivity index (χ0) is 12.1. The molecule has 0 aliphatic carbocycles. The van der Waals surface area contributed by atoms with Crippen LogP contribution in [0.25, 0.3) is 0 Å². The molecule has 0 saturated heterocycles. The number of hydrogen-bond donors (Lipinski definition) is 1. The third kappa shape index (κ3) is 3.12. The summed E-state index contributed by atoms with van der Waals surface area (Å²) < 4.78 is 5.38. The van der Waals surface area contributed by atoms with Crippen LogP contribution in [0.2, 0.25) is 0 Å². The van der Waals surface area contributed by atoms with E-state index in [2.05, 4.69) is 11.6 Å². The molecule has 86 valence electrons. The second-order valence-corrected chi connectivity index (χ2v) is 3.64. The lowest BCUT2D eigenvalue weighted by molar-refractivity contribution is 0.271. The van der Waals surface area contributed by atoms with Crippen LogP contribution in [0.3, 0.4) is 0 Å². The molecule has 1 rings (SSSR count). The second kappa shape index (κ2) is 5.35. The number of hydrogen-bond acceptors (Lipinski definition) is 3. The summed E-state index contributed by atoms with van der Waals surface area (Å²) in [5.74, 6) is 0.776. The Morgan fingerprint density at radius 3 is 2.69 bits per heavy atom. The summed E-state index contributed by atoms with van der Waals surface area (Å²) in [7, 11) is 1.77. The van der Waals surface area contributed by atoms with Gasteiger partial charge in [-0.3, -0.25) is 4.99 Å². The van der Waals surface area contributed by atoms with Gasteiger partial charge in [-0.05, 0) is 43.2 Å². The van der Waals surface area contributed by atoms with Gasteiger partial charge in [0.05, 0.1) is 0 Å². The van der Waals surface area contributed by atoms with Gasteiger partial charge in [0.15, 0.2) is 0 Å². The summed E-state index contributed by atoms with van der Waals surface area (Å²) in [5, 5.41) is 8.95. The molecule has 0 bridgehead atoms. The molecule has 0 radical (unpaired) electrons. The van der Waals surface area contributed by atoms with Crippen molar-refractivity contribution in [2.24, 2.45) is 4.99 Å². The van der Waals surface area contributed by atoms with Crippen LogP contribution >= 0.6 is 0 Å².